The molecule has 2 atom stereocenters. The maximum absolute atomic E-state index is 6.64. The Morgan fingerprint density at radius 2 is 1.97 bits per heavy atom. The van der Waals surface area contributed by atoms with Crippen molar-refractivity contribution in [3.8, 4) is 22.8 Å². The molecule has 1 aliphatic heterocycles. The van der Waals surface area contributed by atoms with Gasteiger partial charge in [-0.15, -0.1) is 0 Å². The SMILES string of the molecule is CCSc1nc(-c2ccc(OCC3COC(Cn4ccnc4)(c4ccc(OC)cc4Cl)O3)cc2)cn1CC. The fraction of sp³-hybridized carbons (Fsp3) is 0.357. The molecule has 1 aliphatic rings. The summed E-state index contributed by atoms with van der Waals surface area (Å²) in [6.45, 7) is 6.25. The highest BCUT2D eigenvalue weighted by Crippen LogP contribution is 2.41. The van der Waals surface area contributed by atoms with Crippen LogP contribution < -0.4 is 9.47 Å². The lowest BCUT2D eigenvalue weighted by molar-refractivity contribution is -0.189. The summed E-state index contributed by atoms with van der Waals surface area (Å²) in [6.07, 6.45) is 7.13. The summed E-state index contributed by atoms with van der Waals surface area (Å²) >= 11 is 8.39. The predicted molar refractivity (Wildman–Crippen MR) is 148 cm³/mol. The van der Waals surface area contributed by atoms with Crippen molar-refractivity contribution >= 4 is 23.4 Å². The first-order valence-corrected chi connectivity index (χ1v) is 13.9. The van der Waals surface area contributed by atoms with Crippen LogP contribution in [-0.4, -0.2) is 51.3 Å². The number of aryl methyl sites for hydroxylation is 1. The monoisotopic (exact) mass is 554 g/mol. The summed E-state index contributed by atoms with van der Waals surface area (Å²) in [5.41, 5.74) is 2.74. The first-order valence-electron chi connectivity index (χ1n) is 12.6. The van der Waals surface area contributed by atoms with Gasteiger partial charge in [0.15, 0.2) is 5.16 Å². The van der Waals surface area contributed by atoms with Gasteiger partial charge in [-0.1, -0.05) is 30.3 Å². The smallest absolute Gasteiger partial charge is 0.215 e. The Labute approximate surface area is 231 Å². The normalized spacial score (nSPS) is 19.1. The summed E-state index contributed by atoms with van der Waals surface area (Å²) in [4.78, 5) is 8.95. The first-order chi connectivity index (χ1) is 18.5. The van der Waals surface area contributed by atoms with Crippen molar-refractivity contribution in [1.82, 2.24) is 19.1 Å². The van der Waals surface area contributed by atoms with Gasteiger partial charge in [-0.3, -0.25) is 0 Å². The number of ether oxygens (including phenoxy) is 4. The summed E-state index contributed by atoms with van der Waals surface area (Å²) in [7, 11) is 1.61. The Bertz CT molecular complexity index is 1350. The molecule has 0 spiro atoms. The number of halogens is 1. The van der Waals surface area contributed by atoms with Crippen LogP contribution in [0.15, 0.2) is 72.5 Å². The number of benzene rings is 2. The number of methoxy groups -OCH3 is 1. The molecule has 0 bridgehead atoms. The highest BCUT2D eigenvalue weighted by atomic mass is 35.5. The van der Waals surface area contributed by atoms with Crippen LogP contribution in [0.5, 0.6) is 11.5 Å². The number of hydrogen-bond donors (Lipinski definition) is 0. The fourth-order valence-electron chi connectivity index (χ4n) is 4.43. The van der Waals surface area contributed by atoms with Gasteiger partial charge in [-0.25, -0.2) is 9.97 Å². The lowest BCUT2D eigenvalue weighted by atomic mass is 10.1. The van der Waals surface area contributed by atoms with Gasteiger partial charge in [0.1, 0.15) is 24.2 Å². The second kappa shape index (κ2) is 11.8. The van der Waals surface area contributed by atoms with E-state index in [2.05, 4.69) is 29.6 Å². The summed E-state index contributed by atoms with van der Waals surface area (Å²) < 4.78 is 28.3. The van der Waals surface area contributed by atoms with E-state index in [1.165, 1.54) is 0 Å². The van der Waals surface area contributed by atoms with Gasteiger partial charge in [0, 0.05) is 36.3 Å². The van der Waals surface area contributed by atoms with E-state index in [0.29, 0.717) is 30.5 Å². The van der Waals surface area contributed by atoms with Crippen molar-refractivity contribution in [1.29, 1.82) is 0 Å². The van der Waals surface area contributed by atoms with Crippen LogP contribution in [0.2, 0.25) is 5.02 Å². The van der Waals surface area contributed by atoms with Crippen LogP contribution in [0, 0.1) is 0 Å². The van der Waals surface area contributed by atoms with Gasteiger partial charge < -0.3 is 28.1 Å². The number of aromatic nitrogens is 4. The third-order valence-electron chi connectivity index (χ3n) is 6.34. The molecule has 2 aromatic carbocycles. The largest absolute Gasteiger partial charge is 0.497 e. The molecule has 38 heavy (non-hydrogen) atoms. The Morgan fingerprint density at radius 3 is 2.66 bits per heavy atom. The summed E-state index contributed by atoms with van der Waals surface area (Å²) in [6, 6.07) is 13.5. The van der Waals surface area contributed by atoms with E-state index < -0.39 is 5.79 Å². The van der Waals surface area contributed by atoms with E-state index in [-0.39, 0.29) is 6.10 Å². The molecule has 0 radical (unpaired) electrons. The standard InChI is InChI=1S/C28H31ClN4O4S/c1-4-33-15-26(31-27(33)38-5-2)20-6-8-21(9-7-20)35-16-23-17-36-28(37-23,18-32-13-12-30-19-32)24-11-10-22(34-3)14-25(24)29/h6-15,19,23H,4-5,16-18H2,1-3H3. The van der Waals surface area contributed by atoms with Crippen molar-refractivity contribution in [3.05, 3.63) is 78.0 Å². The average molecular weight is 555 g/mol. The zero-order valence-electron chi connectivity index (χ0n) is 21.7. The molecule has 4 aromatic rings. The molecule has 200 valence electrons. The molecule has 2 unspecified atom stereocenters. The van der Waals surface area contributed by atoms with Crippen molar-refractivity contribution in [2.75, 3.05) is 26.1 Å². The number of nitrogens with zero attached hydrogens (tertiary/aromatic N) is 4. The van der Waals surface area contributed by atoms with Crippen LogP contribution in [-0.2, 0) is 28.4 Å². The van der Waals surface area contributed by atoms with E-state index >= 15 is 0 Å². The number of hydrogen-bond acceptors (Lipinski definition) is 7. The highest BCUT2D eigenvalue weighted by Gasteiger charge is 2.45. The maximum atomic E-state index is 6.64. The minimum atomic E-state index is -1.08. The van der Waals surface area contributed by atoms with Gasteiger partial charge in [0.25, 0.3) is 0 Å². The molecule has 1 fully saturated rings. The van der Waals surface area contributed by atoms with E-state index in [1.807, 2.05) is 47.2 Å². The Kier molecular flexibility index (Phi) is 8.28. The zero-order valence-corrected chi connectivity index (χ0v) is 23.2. The summed E-state index contributed by atoms with van der Waals surface area (Å²) in [5, 5.41) is 1.55. The topological polar surface area (TPSA) is 72.6 Å². The second-order valence-corrected chi connectivity index (χ2v) is 10.5. The lowest BCUT2D eigenvalue weighted by Crippen LogP contribution is -2.34. The third-order valence-corrected chi connectivity index (χ3v) is 7.52. The van der Waals surface area contributed by atoms with E-state index in [1.54, 1.807) is 37.5 Å². The fourth-order valence-corrected chi connectivity index (χ4v) is 5.51. The van der Waals surface area contributed by atoms with Crippen molar-refractivity contribution in [2.45, 2.75) is 44.0 Å². The minimum absolute atomic E-state index is 0.287. The highest BCUT2D eigenvalue weighted by molar-refractivity contribution is 7.99. The molecule has 0 aliphatic carbocycles. The van der Waals surface area contributed by atoms with Crippen molar-refractivity contribution < 1.29 is 18.9 Å². The maximum Gasteiger partial charge on any atom is 0.215 e. The number of thioether (sulfide) groups is 1. The number of rotatable bonds is 11. The molecule has 5 rings (SSSR count). The average Bonchev–Trinajstić information content (AvgIpc) is 3.69. The van der Waals surface area contributed by atoms with Crippen LogP contribution >= 0.6 is 23.4 Å². The second-order valence-electron chi connectivity index (χ2n) is 8.85. The van der Waals surface area contributed by atoms with Gasteiger partial charge in [0.2, 0.25) is 5.79 Å². The molecule has 8 nitrogen and oxygen atoms in total. The molecule has 3 heterocycles. The Hall–Kier alpha value is -2.98. The first kappa shape index (κ1) is 26.6. The molecule has 0 saturated carbocycles. The molecule has 0 N–H and O–H groups in total. The molecule has 2 aromatic heterocycles. The van der Waals surface area contributed by atoms with Gasteiger partial charge in [-0.2, -0.15) is 0 Å². The van der Waals surface area contributed by atoms with Gasteiger partial charge in [-0.05, 0) is 55.1 Å². The zero-order chi connectivity index (χ0) is 26.5. The minimum Gasteiger partial charge on any atom is -0.497 e. The Balaban J connectivity index is 1.27. The molecule has 1 saturated heterocycles. The van der Waals surface area contributed by atoms with Gasteiger partial charge in [0.05, 0.1) is 37.3 Å². The van der Waals surface area contributed by atoms with E-state index in [4.69, 9.17) is 35.5 Å². The lowest BCUT2D eigenvalue weighted by Gasteiger charge is -2.30. The predicted octanol–water partition coefficient (Wildman–Crippen LogP) is 5.89. The molecule has 0 amide bonds. The van der Waals surface area contributed by atoms with Gasteiger partial charge >= 0.3 is 0 Å². The van der Waals surface area contributed by atoms with Crippen molar-refractivity contribution in [2.24, 2.45) is 0 Å². The number of imidazole rings is 2. The molecular weight excluding hydrogens is 524 g/mol. The van der Waals surface area contributed by atoms with Crippen LogP contribution in [0.4, 0.5) is 0 Å². The summed E-state index contributed by atoms with van der Waals surface area (Å²) in [5.74, 6) is 1.34. The van der Waals surface area contributed by atoms with Crippen molar-refractivity contribution in [3.63, 3.8) is 0 Å². The third kappa shape index (κ3) is 5.71. The van der Waals surface area contributed by atoms with Crippen LogP contribution in [0.3, 0.4) is 0 Å². The molecule has 10 heteroatoms. The van der Waals surface area contributed by atoms with E-state index in [9.17, 15) is 0 Å². The Morgan fingerprint density at radius 1 is 1.16 bits per heavy atom. The quantitative estimate of drug-likeness (QED) is 0.214. The molecular formula is C28H31ClN4O4S. The van der Waals surface area contributed by atoms with E-state index in [0.717, 1.165) is 40.0 Å². The van der Waals surface area contributed by atoms with Crippen LogP contribution in [0.1, 0.15) is 19.4 Å². The van der Waals surface area contributed by atoms with Crippen LogP contribution in [0.25, 0.3) is 11.3 Å².